The van der Waals surface area contributed by atoms with Crippen LogP contribution < -0.4 is 10.1 Å². The molecular formula is C16H16N2O5. The lowest BCUT2D eigenvalue weighted by Gasteiger charge is -2.10. The van der Waals surface area contributed by atoms with Crippen LogP contribution >= 0.6 is 0 Å². The van der Waals surface area contributed by atoms with Crippen molar-refractivity contribution in [3.8, 4) is 5.75 Å². The fourth-order valence-electron chi connectivity index (χ4n) is 1.73. The predicted molar refractivity (Wildman–Crippen MR) is 82.5 cm³/mol. The number of anilines is 1. The van der Waals surface area contributed by atoms with Crippen LogP contribution in [0.25, 0.3) is 0 Å². The van der Waals surface area contributed by atoms with Crippen LogP contribution in [0, 0.1) is 0 Å². The van der Waals surface area contributed by atoms with Crippen molar-refractivity contribution >= 4 is 17.9 Å². The molecule has 0 radical (unpaired) electrons. The number of carbonyl (C=O) groups excluding carboxylic acids is 2. The Kier molecular flexibility index (Phi) is 5.93. The maximum atomic E-state index is 11.6. The van der Waals surface area contributed by atoms with Crippen molar-refractivity contribution < 1.29 is 23.8 Å². The van der Waals surface area contributed by atoms with Crippen LogP contribution in [-0.4, -0.2) is 37.4 Å². The van der Waals surface area contributed by atoms with Crippen LogP contribution in [0.5, 0.6) is 5.75 Å². The molecule has 1 amide bonds. The molecule has 0 aliphatic heterocycles. The second-order valence-electron chi connectivity index (χ2n) is 4.31. The second kappa shape index (κ2) is 8.38. The summed E-state index contributed by atoms with van der Waals surface area (Å²) in [5.74, 6) is 0.275. The van der Waals surface area contributed by atoms with Gasteiger partial charge in [0.25, 0.3) is 0 Å². The number of pyridine rings is 1. The number of amides is 1. The molecule has 0 aliphatic rings. The molecule has 0 unspecified atom stereocenters. The van der Waals surface area contributed by atoms with Crippen molar-refractivity contribution in [1.29, 1.82) is 0 Å². The highest BCUT2D eigenvalue weighted by Crippen LogP contribution is 2.18. The lowest BCUT2D eigenvalue weighted by molar-refractivity contribution is 0.0594. The number of nitrogens with one attached hydrogen (secondary N) is 1. The molecule has 0 bridgehead atoms. The van der Waals surface area contributed by atoms with Crippen molar-refractivity contribution in [2.75, 3.05) is 25.6 Å². The highest BCUT2D eigenvalue weighted by molar-refractivity contribution is 5.92. The first-order chi connectivity index (χ1) is 11.2. The zero-order chi connectivity index (χ0) is 16.5. The molecular weight excluding hydrogens is 300 g/mol. The summed E-state index contributed by atoms with van der Waals surface area (Å²) in [7, 11) is 1.30. The second-order valence-corrected chi connectivity index (χ2v) is 4.31. The van der Waals surface area contributed by atoms with E-state index in [0.29, 0.717) is 17.1 Å². The standard InChI is InChI=1S/C16H16N2O5/c1-21-15(19)12-6-2-3-7-13(12)22-10-11-23-16(20)18-14-8-4-5-9-17-14/h2-9H,10-11H2,1H3,(H,17,18,20). The number of hydrogen-bond donors (Lipinski definition) is 1. The summed E-state index contributed by atoms with van der Waals surface area (Å²) in [6.07, 6.45) is 0.927. The topological polar surface area (TPSA) is 86.8 Å². The molecule has 23 heavy (non-hydrogen) atoms. The van der Waals surface area contributed by atoms with Gasteiger partial charge in [-0.2, -0.15) is 0 Å². The number of para-hydroxylation sites is 1. The number of methoxy groups -OCH3 is 1. The van der Waals surface area contributed by atoms with Crippen LogP contribution in [0.1, 0.15) is 10.4 Å². The average molecular weight is 316 g/mol. The van der Waals surface area contributed by atoms with Gasteiger partial charge in [-0.1, -0.05) is 18.2 Å². The minimum Gasteiger partial charge on any atom is -0.489 e. The van der Waals surface area contributed by atoms with Gasteiger partial charge in [-0.05, 0) is 24.3 Å². The van der Waals surface area contributed by atoms with Crippen molar-refractivity contribution in [2.24, 2.45) is 0 Å². The van der Waals surface area contributed by atoms with Gasteiger partial charge in [0.15, 0.2) is 0 Å². The molecule has 7 heteroatoms. The maximum Gasteiger partial charge on any atom is 0.412 e. The zero-order valence-corrected chi connectivity index (χ0v) is 12.5. The van der Waals surface area contributed by atoms with Crippen molar-refractivity contribution in [2.45, 2.75) is 0 Å². The summed E-state index contributed by atoms with van der Waals surface area (Å²) in [6.45, 7) is 0.123. The number of ether oxygens (including phenoxy) is 3. The molecule has 2 rings (SSSR count). The fourth-order valence-corrected chi connectivity index (χ4v) is 1.73. The van der Waals surface area contributed by atoms with E-state index in [1.807, 2.05) is 0 Å². The van der Waals surface area contributed by atoms with Crippen LogP contribution in [0.15, 0.2) is 48.7 Å². The lowest BCUT2D eigenvalue weighted by Crippen LogP contribution is -2.18. The van der Waals surface area contributed by atoms with Gasteiger partial charge in [-0.15, -0.1) is 0 Å². The van der Waals surface area contributed by atoms with Crippen LogP contribution in [0.3, 0.4) is 0 Å². The third kappa shape index (κ3) is 4.99. The third-order valence-electron chi connectivity index (χ3n) is 2.76. The van der Waals surface area contributed by atoms with E-state index >= 15 is 0 Å². The van der Waals surface area contributed by atoms with E-state index in [2.05, 4.69) is 15.0 Å². The molecule has 7 nitrogen and oxygen atoms in total. The van der Waals surface area contributed by atoms with Crippen LogP contribution in [0.2, 0.25) is 0 Å². The molecule has 0 aliphatic carbocycles. The molecule has 0 spiro atoms. The Bertz CT molecular complexity index is 661. The molecule has 1 aromatic heterocycles. The van der Waals surface area contributed by atoms with E-state index in [1.54, 1.807) is 48.7 Å². The summed E-state index contributed by atoms with van der Waals surface area (Å²) in [6, 6.07) is 11.8. The number of hydrogen-bond acceptors (Lipinski definition) is 6. The number of aromatic nitrogens is 1. The van der Waals surface area contributed by atoms with E-state index in [4.69, 9.17) is 9.47 Å². The first kappa shape index (κ1) is 16.3. The summed E-state index contributed by atoms with van der Waals surface area (Å²) in [5, 5.41) is 2.48. The van der Waals surface area contributed by atoms with Gasteiger partial charge in [-0.25, -0.2) is 14.6 Å². The van der Waals surface area contributed by atoms with E-state index in [0.717, 1.165) is 0 Å². The summed E-state index contributed by atoms with van der Waals surface area (Å²) < 4.78 is 15.1. The summed E-state index contributed by atoms with van der Waals surface area (Å²) >= 11 is 0. The van der Waals surface area contributed by atoms with Crippen molar-refractivity contribution in [3.05, 3.63) is 54.2 Å². The first-order valence-electron chi connectivity index (χ1n) is 6.85. The summed E-state index contributed by atoms with van der Waals surface area (Å²) in [4.78, 5) is 27.1. The number of nitrogens with zero attached hydrogens (tertiary/aromatic N) is 1. The zero-order valence-electron chi connectivity index (χ0n) is 12.5. The molecule has 2 aromatic rings. The highest BCUT2D eigenvalue weighted by Gasteiger charge is 2.12. The van der Waals surface area contributed by atoms with E-state index in [9.17, 15) is 9.59 Å². The van der Waals surface area contributed by atoms with Gasteiger partial charge >= 0.3 is 12.1 Å². The smallest absolute Gasteiger partial charge is 0.412 e. The molecule has 1 N–H and O–H groups in total. The van der Waals surface area contributed by atoms with Crippen molar-refractivity contribution in [3.63, 3.8) is 0 Å². The van der Waals surface area contributed by atoms with E-state index in [-0.39, 0.29) is 13.2 Å². The monoisotopic (exact) mass is 316 g/mol. The fraction of sp³-hybridized carbons (Fsp3) is 0.188. The minimum absolute atomic E-state index is 0.0220. The molecule has 0 fully saturated rings. The molecule has 0 saturated carbocycles. The van der Waals surface area contributed by atoms with Gasteiger partial charge in [0.2, 0.25) is 0 Å². The first-order valence-corrected chi connectivity index (χ1v) is 6.85. The minimum atomic E-state index is -0.631. The Balaban J connectivity index is 1.77. The SMILES string of the molecule is COC(=O)c1ccccc1OCCOC(=O)Nc1ccccn1. The molecule has 1 heterocycles. The normalized spacial score (nSPS) is 9.78. The summed E-state index contributed by atoms with van der Waals surface area (Å²) in [5.41, 5.74) is 0.313. The van der Waals surface area contributed by atoms with Gasteiger partial charge < -0.3 is 14.2 Å². The van der Waals surface area contributed by atoms with Crippen molar-refractivity contribution in [1.82, 2.24) is 4.98 Å². The molecule has 1 aromatic carbocycles. The Morgan fingerprint density at radius 1 is 1.09 bits per heavy atom. The van der Waals surface area contributed by atoms with Gasteiger partial charge in [-0.3, -0.25) is 5.32 Å². The molecule has 0 saturated heterocycles. The maximum absolute atomic E-state index is 11.6. The Morgan fingerprint density at radius 2 is 1.87 bits per heavy atom. The Morgan fingerprint density at radius 3 is 2.61 bits per heavy atom. The van der Waals surface area contributed by atoms with E-state index < -0.39 is 12.1 Å². The third-order valence-corrected chi connectivity index (χ3v) is 2.76. The van der Waals surface area contributed by atoms with Crippen LogP contribution in [-0.2, 0) is 9.47 Å². The van der Waals surface area contributed by atoms with Crippen LogP contribution in [0.4, 0.5) is 10.6 Å². The Labute approximate surface area is 133 Å². The Hall–Kier alpha value is -3.09. The number of benzene rings is 1. The molecule has 120 valence electrons. The number of esters is 1. The quantitative estimate of drug-likeness (QED) is 0.651. The van der Waals surface area contributed by atoms with E-state index in [1.165, 1.54) is 7.11 Å². The molecule has 0 atom stereocenters. The van der Waals surface area contributed by atoms with Gasteiger partial charge in [0.1, 0.15) is 30.3 Å². The number of carbonyl (C=O) groups is 2. The predicted octanol–water partition coefficient (Wildman–Crippen LogP) is 2.50. The average Bonchev–Trinajstić information content (AvgIpc) is 2.59. The van der Waals surface area contributed by atoms with Gasteiger partial charge in [0.05, 0.1) is 7.11 Å². The lowest BCUT2D eigenvalue weighted by atomic mass is 10.2. The number of rotatable bonds is 6. The van der Waals surface area contributed by atoms with Gasteiger partial charge in [0, 0.05) is 6.20 Å². The highest BCUT2D eigenvalue weighted by atomic mass is 16.6. The largest absolute Gasteiger partial charge is 0.489 e.